The molecule has 2 aromatic rings. The van der Waals surface area contributed by atoms with Crippen LogP contribution in [0, 0.1) is 0 Å². The number of benzene rings is 2. The molecule has 3 atom stereocenters. The molecule has 1 saturated heterocycles. The molecule has 1 fully saturated rings. The minimum absolute atomic E-state index is 0.0584. The van der Waals surface area contributed by atoms with Gasteiger partial charge in [0.2, 0.25) is 0 Å². The number of hydrogen-bond acceptors (Lipinski definition) is 4. The fraction of sp³-hybridized carbons (Fsp3) is 0.480. The lowest BCUT2D eigenvalue weighted by Crippen LogP contribution is -2.44. The molecule has 168 valence electrons. The first kappa shape index (κ1) is 23.3. The van der Waals surface area contributed by atoms with Gasteiger partial charge in [0.05, 0.1) is 18.2 Å². The van der Waals surface area contributed by atoms with Crippen LogP contribution < -0.4 is 10.6 Å². The van der Waals surface area contributed by atoms with Crippen molar-refractivity contribution in [1.82, 2.24) is 20.4 Å². The molecule has 6 heteroatoms. The maximum atomic E-state index is 12.5. The third kappa shape index (κ3) is 7.65. The van der Waals surface area contributed by atoms with E-state index in [0.29, 0.717) is 6.54 Å². The van der Waals surface area contributed by atoms with Gasteiger partial charge in [-0.1, -0.05) is 54.6 Å². The molecule has 0 bridgehead atoms. The number of morpholine rings is 1. The van der Waals surface area contributed by atoms with Crippen molar-refractivity contribution in [2.45, 2.75) is 45.2 Å². The number of hydrogen-bond donors (Lipinski definition) is 2. The van der Waals surface area contributed by atoms with E-state index in [9.17, 15) is 4.79 Å². The van der Waals surface area contributed by atoms with E-state index in [0.717, 1.165) is 37.3 Å². The molecule has 3 unspecified atom stereocenters. The Morgan fingerprint density at radius 2 is 1.65 bits per heavy atom. The minimum Gasteiger partial charge on any atom is -0.373 e. The Morgan fingerprint density at radius 3 is 2.26 bits per heavy atom. The Bertz CT molecular complexity index is 800. The normalized spacial score (nSPS) is 20.4. The van der Waals surface area contributed by atoms with Crippen LogP contribution in [0.25, 0.3) is 0 Å². The van der Waals surface area contributed by atoms with Gasteiger partial charge in [-0.15, -0.1) is 0 Å². The molecule has 0 spiro atoms. The number of likely N-dealkylation sites (N-methyl/N-ethyl adjacent to an activating group) is 1. The summed E-state index contributed by atoms with van der Waals surface area (Å²) >= 11 is 0. The van der Waals surface area contributed by atoms with Crippen LogP contribution in [0.3, 0.4) is 0 Å². The molecular formula is C25H36N4O2. The highest BCUT2D eigenvalue weighted by molar-refractivity contribution is 5.74. The number of urea groups is 1. The van der Waals surface area contributed by atoms with Gasteiger partial charge in [0.25, 0.3) is 0 Å². The van der Waals surface area contributed by atoms with Crippen molar-refractivity contribution < 1.29 is 9.53 Å². The van der Waals surface area contributed by atoms with Crippen LogP contribution in [0.5, 0.6) is 0 Å². The van der Waals surface area contributed by atoms with Crippen molar-refractivity contribution in [3.8, 4) is 0 Å². The lowest BCUT2D eigenvalue weighted by atomic mass is 10.1. The highest BCUT2D eigenvalue weighted by Gasteiger charge is 2.22. The van der Waals surface area contributed by atoms with Gasteiger partial charge >= 0.3 is 6.03 Å². The topological polar surface area (TPSA) is 56.8 Å². The second-order valence-corrected chi connectivity index (χ2v) is 8.82. The number of nitrogens with one attached hydrogen (secondary N) is 2. The molecule has 1 aliphatic heterocycles. The zero-order valence-electron chi connectivity index (χ0n) is 19.2. The number of carbonyl (C=O) groups excluding carboxylic acids is 1. The molecule has 31 heavy (non-hydrogen) atoms. The van der Waals surface area contributed by atoms with Crippen LogP contribution in [0.1, 0.15) is 36.6 Å². The maximum Gasteiger partial charge on any atom is 0.315 e. The van der Waals surface area contributed by atoms with E-state index in [1.165, 1.54) is 5.56 Å². The second-order valence-electron chi connectivity index (χ2n) is 8.82. The van der Waals surface area contributed by atoms with E-state index in [4.69, 9.17) is 4.74 Å². The highest BCUT2D eigenvalue weighted by atomic mass is 16.5. The first-order valence-corrected chi connectivity index (χ1v) is 11.1. The van der Waals surface area contributed by atoms with Crippen LogP contribution in [-0.2, 0) is 17.8 Å². The Hall–Kier alpha value is -2.41. The average Bonchev–Trinajstić information content (AvgIpc) is 2.72. The van der Waals surface area contributed by atoms with Gasteiger partial charge in [0.1, 0.15) is 0 Å². The lowest BCUT2D eigenvalue weighted by molar-refractivity contribution is -0.0704. The van der Waals surface area contributed by atoms with Gasteiger partial charge in [0.15, 0.2) is 0 Å². The molecule has 6 nitrogen and oxygen atoms in total. The van der Waals surface area contributed by atoms with Crippen molar-refractivity contribution in [1.29, 1.82) is 0 Å². The quantitative estimate of drug-likeness (QED) is 0.682. The van der Waals surface area contributed by atoms with Crippen LogP contribution in [0.2, 0.25) is 0 Å². The van der Waals surface area contributed by atoms with Crippen molar-refractivity contribution in [2.24, 2.45) is 0 Å². The van der Waals surface area contributed by atoms with Crippen molar-refractivity contribution in [3.63, 3.8) is 0 Å². The van der Waals surface area contributed by atoms with Gasteiger partial charge in [-0.05, 0) is 44.6 Å². The molecule has 1 heterocycles. The first-order valence-electron chi connectivity index (χ1n) is 11.1. The van der Waals surface area contributed by atoms with Crippen LogP contribution in [-0.4, -0.2) is 61.8 Å². The fourth-order valence-corrected chi connectivity index (χ4v) is 4.11. The molecule has 0 radical (unpaired) electrons. The molecule has 2 aromatic carbocycles. The van der Waals surface area contributed by atoms with Crippen LogP contribution in [0.4, 0.5) is 4.79 Å². The monoisotopic (exact) mass is 424 g/mol. The van der Waals surface area contributed by atoms with E-state index in [2.05, 4.69) is 58.5 Å². The van der Waals surface area contributed by atoms with E-state index in [1.807, 2.05) is 44.4 Å². The van der Waals surface area contributed by atoms with Gasteiger partial charge < -0.3 is 20.3 Å². The summed E-state index contributed by atoms with van der Waals surface area (Å²) in [5, 5.41) is 6.09. The number of amides is 2. The molecule has 0 aliphatic carbocycles. The zero-order valence-corrected chi connectivity index (χ0v) is 19.2. The third-order valence-corrected chi connectivity index (χ3v) is 5.43. The minimum atomic E-state index is -0.156. The predicted molar refractivity (Wildman–Crippen MR) is 125 cm³/mol. The number of ether oxygens (including phenoxy) is 1. The van der Waals surface area contributed by atoms with E-state index in [1.54, 1.807) is 0 Å². The summed E-state index contributed by atoms with van der Waals surface area (Å²) in [6.07, 6.45) is 0.552. The number of rotatable bonds is 8. The van der Waals surface area contributed by atoms with Crippen LogP contribution in [0.15, 0.2) is 54.6 Å². The lowest BCUT2D eigenvalue weighted by Gasteiger charge is -2.35. The highest BCUT2D eigenvalue weighted by Crippen LogP contribution is 2.15. The summed E-state index contributed by atoms with van der Waals surface area (Å²) in [5.74, 6) is 0. The Labute approximate surface area is 186 Å². The Balaban J connectivity index is 1.49. The largest absolute Gasteiger partial charge is 0.373 e. The molecule has 0 saturated carbocycles. The number of carbonyl (C=O) groups is 1. The molecular weight excluding hydrogens is 388 g/mol. The fourth-order valence-electron chi connectivity index (χ4n) is 4.11. The molecule has 3 rings (SSSR count). The standard InChI is InChI=1S/C25H36N4O2/c1-19-15-29(16-20(2)31-19)17-22-12-10-21(11-13-22)14-26-25(30)27-24(18-28(3)4)23-8-6-5-7-9-23/h5-13,19-20,24H,14-18H2,1-4H3,(H2,26,27,30). The summed E-state index contributed by atoms with van der Waals surface area (Å²) in [6.45, 7) is 8.35. The van der Waals surface area contributed by atoms with Crippen molar-refractivity contribution >= 4 is 6.03 Å². The summed E-state index contributed by atoms with van der Waals surface area (Å²) in [5.41, 5.74) is 3.47. The molecule has 2 N–H and O–H groups in total. The third-order valence-electron chi connectivity index (χ3n) is 5.43. The summed E-state index contributed by atoms with van der Waals surface area (Å²) in [4.78, 5) is 17.0. The van der Waals surface area contributed by atoms with Gasteiger partial charge in [-0.25, -0.2) is 4.79 Å². The Kier molecular flexibility index (Phi) is 8.46. The van der Waals surface area contributed by atoms with Gasteiger partial charge in [-0.3, -0.25) is 4.90 Å². The maximum absolute atomic E-state index is 12.5. The zero-order chi connectivity index (χ0) is 22.2. The van der Waals surface area contributed by atoms with Gasteiger partial charge in [0, 0.05) is 32.7 Å². The summed E-state index contributed by atoms with van der Waals surface area (Å²) in [6, 6.07) is 18.3. The van der Waals surface area contributed by atoms with Crippen molar-refractivity contribution in [3.05, 3.63) is 71.3 Å². The van der Waals surface area contributed by atoms with Crippen molar-refractivity contribution in [2.75, 3.05) is 33.7 Å². The Morgan fingerprint density at radius 1 is 1.03 bits per heavy atom. The average molecular weight is 425 g/mol. The van der Waals surface area contributed by atoms with Gasteiger partial charge in [-0.2, -0.15) is 0 Å². The van der Waals surface area contributed by atoms with E-state index < -0.39 is 0 Å². The summed E-state index contributed by atoms with van der Waals surface area (Å²) < 4.78 is 5.81. The SMILES string of the molecule is CC1CN(Cc2ccc(CNC(=O)NC(CN(C)C)c3ccccc3)cc2)CC(C)O1. The molecule has 1 aliphatic rings. The molecule has 0 aromatic heterocycles. The molecule has 2 amide bonds. The van der Waals surface area contributed by atoms with Crippen LogP contribution >= 0.6 is 0 Å². The van der Waals surface area contributed by atoms with E-state index >= 15 is 0 Å². The first-order chi connectivity index (χ1) is 14.9. The predicted octanol–water partition coefficient (Wildman–Crippen LogP) is 3.40. The number of nitrogens with zero attached hydrogens (tertiary/aromatic N) is 2. The smallest absolute Gasteiger partial charge is 0.315 e. The van der Waals surface area contributed by atoms with E-state index in [-0.39, 0.29) is 24.3 Å². The second kappa shape index (κ2) is 11.3. The summed E-state index contributed by atoms with van der Waals surface area (Å²) in [7, 11) is 4.02.